The van der Waals surface area contributed by atoms with Crippen molar-refractivity contribution in [3.05, 3.63) is 101 Å². The molecule has 0 spiro atoms. The SMILES string of the molecule is CC1CC(=O)N(c2ccc(CCCC(=O)N[C@H](C(=O)N[C@@H](CCCNC(N)=O)C(=O)Cc3ccc(COC(=O)N(C)[C@H](C)C(C)C)cc3)C(C)C)cc2)C1=O.CC[C@H](C)[C@H](NC(=O)[C@@H](NC(C)=O)C(C)C)[C@H](C)CC(=O)N1CCC[C@H]1[C@H](OC)[C@@H](C)C(=O)N[C@H](C)[C@@H](O)c1ccccc1. The topological polar surface area (TPSA) is 334 Å². The van der Waals surface area contributed by atoms with Crippen molar-refractivity contribution in [3.8, 4) is 0 Å². The molecule has 0 aliphatic carbocycles. The number of aryl methyl sites for hydroxylation is 1. The van der Waals surface area contributed by atoms with Crippen molar-refractivity contribution in [2.45, 2.75) is 229 Å². The van der Waals surface area contributed by atoms with E-state index in [9.17, 15) is 57.8 Å². The fraction of sp³-hybridized carbons (Fsp3) is 0.613. The van der Waals surface area contributed by atoms with Crippen molar-refractivity contribution in [3.63, 3.8) is 0 Å². The molecule has 0 saturated carbocycles. The monoisotopic (exact) mass is 1380 g/mol. The van der Waals surface area contributed by atoms with E-state index in [1.807, 2.05) is 88.9 Å². The number of anilines is 1. The number of benzene rings is 3. The van der Waals surface area contributed by atoms with Crippen LogP contribution in [0.1, 0.15) is 183 Å². The zero-order valence-corrected chi connectivity index (χ0v) is 61.3. The van der Waals surface area contributed by atoms with E-state index >= 15 is 0 Å². The molecular formula is C75H114N10O14. The maximum absolute atomic E-state index is 13.8. The minimum Gasteiger partial charge on any atom is -0.445 e. The number of primary amides is 1. The van der Waals surface area contributed by atoms with Crippen LogP contribution in [-0.4, -0.2) is 156 Å². The summed E-state index contributed by atoms with van der Waals surface area (Å²) in [6, 6.07) is 19.3. The molecule has 11 amide bonds. The molecule has 24 heteroatoms. The molecule has 5 rings (SSSR count). The van der Waals surface area contributed by atoms with Gasteiger partial charge in [-0.2, -0.15) is 0 Å². The van der Waals surface area contributed by atoms with Crippen LogP contribution in [0.5, 0.6) is 0 Å². The Morgan fingerprint density at radius 3 is 1.87 bits per heavy atom. The van der Waals surface area contributed by atoms with E-state index in [1.165, 1.54) is 11.8 Å². The summed E-state index contributed by atoms with van der Waals surface area (Å²) < 4.78 is 11.3. The second-order valence-electron chi connectivity index (χ2n) is 28.0. The first-order valence-corrected chi connectivity index (χ1v) is 35.2. The van der Waals surface area contributed by atoms with Gasteiger partial charge < -0.3 is 62.0 Å². The number of carbonyl (C=O) groups is 11. The zero-order chi connectivity index (χ0) is 74.0. The Labute approximate surface area is 586 Å². The molecule has 3 aromatic carbocycles. The minimum absolute atomic E-state index is 0.0170. The van der Waals surface area contributed by atoms with Crippen molar-refractivity contribution in [2.24, 2.45) is 47.2 Å². The highest BCUT2D eigenvalue weighted by atomic mass is 16.6. The first-order chi connectivity index (χ1) is 46.7. The van der Waals surface area contributed by atoms with Gasteiger partial charge in [-0.15, -0.1) is 0 Å². The number of likely N-dealkylation sites (tertiary alicyclic amines) is 1. The Bertz CT molecular complexity index is 3150. The van der Waals surface area contributed by atoms with Crippen LogP contribution in [0.3, 0.4) is 0 Å². The molecule has 2 aliphatic rings. The van der Waals surface area contributed by atoms with Crippen molar-refractivity contribution in [1.29, 1.82) is 0 Å². The van der Waals surface area contributed by atoms with Crippen molar-refractivity contribution in [1.82, 2.24) is 41.7 Å². The average Bonchev–Trinajstić information content (AvgIpc) is 1.69. The lowest BCUT2D eigenvalue weighted by Crippen LogP contribution is -2.55. The predicted molar refractivity (Wildman–Crippen MR) is 380 cm³/mol. The van der Waals surface area contributed by atoms with E-state index in [-0.39, 0.29) is 146 Å². The molecule has 99 heavy (non-hydrogen) atoms. The van der Waals surface area contributed by atoms with E-state index in [2.05, 4.69) is 45.7 Å². The Kier molecular flexibility index (Phi) is 34.2. The van der Waals surface area contributed by atoms with Gasteiger partial charge in [0.25, 0.3) is 0 Å². The Hall–Kier alpha value is -8.25. The molecule has 2 aliphatic heterocycles. The third kappa shape index (κ3) is 25.8. The summed E-state index contributed by atoms with van der Waals surface area (Å²) in [4.78, 5) is 145. The molecule has 0 bridgehead atoms. The van der Waals surface area contributed by atoms with E-state index in [0.717, 1.165) is 36.0 Å². The van der Waals surface area contributed by atoms with E-state index in [4.69, 9.17) is 15.2 Å². The van der Waals surface area contributed by atoms with Gasteiger partial charge in [0.1, 0.15) is 18.7 Å². The van der Waals surface area contributed by atoms with E-state index in [0.29, 0.717) is 37.1 Å². The van der Waals surface area contributed by atoms with Crippen LogP contribution in [0.2, 0.25) is 0 Å². The maximum Gasteiger partial charge on any atom is 0.410 e. The standard InChI is InChI=1S/C41H58N6O8.C34H56N4O6/c1-25(2)28(6)46(7)41(54)55-24-31-15-13-30(14-16-31)23-34(48)33(11-9-21-43-40(42)53)44-38(51)37(26(3)4)45-35(49)12-8-10-29-17-19-32(20-18-29)47-36(50)22-27(5)39(47)52;1-10-21(4)30(37-34(43)29(20(2)3)36-25(8)39)22(5)19-28(40)38-18-14-17-27(38)32(44-9)23(6)33(42)35-24(7)31(41)26-15-12-11-13-16-26/h13-20,25-28,33,37H,8-12,21-24H2,1-7H3,(H,44,51)(H,45,49)(H3,42,43,53);11-13,15-16,20-24,27,29-32,41H,10,14,17-19H2,1-9H3,(H,35,42)(H,36,39)(H,37,43)/t27?,28-,33+,37+;21-,22+,23+,24+,27-,29-,30-,31+,32+/m10/s1. The largest absolute Gasteiger partial charge is 0.445 e. The Morgan fingerprint density at radius 1 is 0.717 bits per heavy atom. The van der Waals surface area contributed by atoms with Crippen molar-refractivity contribution < 1.29 is 67.3 Å². The summed E-state index contributed by atoms with van der Waals surface area (Å²) in [5.41, 5.74) is 8.84. The number of nitrogens with two attached hydrogens (primary N) is 1. The van der Waals surface area contributed by atoms with Crippen LogP contribution in [0.4, 0.5) is 15.3 Å². The summed E-state index contributed by atoms with van der Waals surface area (Å²) in [5.74, 6) is -3.30. The number of Topliss-reactive ketones (excluding diaryl/α,β-unsaturated/α-hetero) is 1. The van der Waals surface area contributed by atoms with Gasteiger partial charge in [0.2, 0.25) is 47.3 Å². The number of urea groups is 1. The number of ether oxygens (including phenoxy) is 2. The number of hydrogen-bond donors (Lipinski definition) is 8. The summed E-state index contributed by atoms with van der Waals surface area (Å²) in [6.45, 7) is 27.1. The fourth-order valence-corrected chi connectivity index (χ4v) is 12.4. The minimum atomic E-state index is -0.895. The number of hydrogen-bond acceptors (Lipinski definition) is 14. The number of aliphatic hydroxyl groups is 1. The predicted octanol–water partition coefficient (Wildman–Crippen LogP) is 7.99. The molecular weight excluding hydrogens is 1260 g/mol. The first kappa shape index (κ1) is 83.2. The maximum atomic E-state index is 13.8. The van der Waals surface area contributed by atoms with Crippen LogP contribution in [-0.2, 0) is 72.1 Å². The summed E-state index contributed by atoms with van der Waals surface area (Å²) in [7, 11) is 3.27. The normalized spacial score (nSPS) is 17.9. The van der Waals surface area contributed by atoms with Crippen molar-refractivity contribution in [2.75, 3.05) is 32.1 Å². The van der Waals surface area contributed by atoms with Gasteiger partial charge in [-0.1, -0.05) is 149 Å². The van der Waals surface area contributed by atoms with Gasteiger partial charge in [-0.05, 0) is 116 Å². The molecule has 2 saturated heterocycles. The number of nitrogens with one attached hydrogen (secondary N) is 6. The molecule has 1 unspecified atom stereocenters. The molecule has 0 aromatic heterocycles. The van der Waals surface area contributed by atoms with Gasteiger partial charge in [0.05, 0.1) is 41.9 Å². The van der Waals surface area contributed by atoms with Crippen LogP contribution in [0.25, 0.3) is 0 Å². The fourth-order valence-electron chi connectivity index (χ4n) is 12.4. The van der Waals surface area contributed by atoms with Gasteiger partial charge >= 0.3 is 12.1 Å². The summed E-state index contributed by atoms with van der Waals surface area (Å²) in [5, 5.41) is 27.7. The lowest BCUT2D eigenvalue weighted by molar-refractivity contribution is -0.141. The van der Waals surface area contributed by atoms with Gasteiger partial charge in [0.15, 0.2) is 5.78 Å². The highest BCUT2D eigenvalue weighted by Gasteiger charge is 2.42. The van der Waals surface area contributed by atoms with Crippen LogP contribution >= 0.6 is 0 Å². The number of amides is 11. The number of carbonyl (C=O) groups excluding carboxylic acids is 11. The second kappa shape index (κ2) is 40.7. The summed E-state index contributed by atoms with van der Waals surface area (Å²) in [6.07, 6.45) is 2.83. The summed E-state index contributed by atoms with van der Waals surface area (Å²) >= 11 is 0. The molecule has 2 fully saturated rings. The number of nitrogens with zero attached hydrogens (tertiary/aromatic N) is 3. The molecule has 3 aromatic rings. The van der Waals surface area contributed by atoms with Gasteiger partial charge in [-0.25, -0.2) is 9.59 Å². The van der Waals surface area contributed by atoms with E-state index in [1.54, 1.807) is 90.1 Å². The third-order valence-electron chi connectivity index (χ3n) is 19.1. The number of rotatable bonds is 36. The molecule has 9 N–H and O–H groups in total. The Balaban J connectivity index is 0.000000431. The lowest BCUT2D eigenvalue weighted by atomic mass is 9.85. The first-order valence-electron chi connectivity index (χ1n) is 35.2. The molecule has 2 heterocycles. The molecule has 24 nitrogen and oxygen atoms in total. The van der Waals surface area contributed by atoms with Crippen molar-refractivity contribution >= 4 is 70.9 Å². The van der Waals surface area contributed by atoms with Gasteiger partial charge in [-0.3, -0.25) is 48.1 Å². The van der Waals surface area contributed by atoms with Crippen LogP contribution < -0.4 is 42.5 Å². The molecule has 0 radical (unpaired) electrons. The third-order valence-corrected chi connectivity index (χ3v) is 19.1. The zero-order valence-electron chi connectivity index (χ0n) is 61.3. The average molecular weight is 1380 g/mol. The molecule has 548 valence electrons. The smallest absolute Gasteiger partial charge is 0.410 e. The quantitative estimate of drug-likeness (QED) is 0.0202. The second-order valence-corrected chi connectivity index (χ2v) is 28.0. The van der Waals surface area contributed by atoms with E-state index < -0.39 is 60.3 Å². The van der Waals surface area contributed by atoms with Crippen LogP contribution in [0.15, 0.2) is 78.9 Å². The number of ketones is 1. The van der Waals surface area contributed by atoms with Crippen LogP contribution in [0, 0.1) is 41.4 Å². The lowest BCUT2D eigenvalue weighted by Gasteiger charge is -2.36. The Morgan fingerprint density at radius 2 is 1.31 bits per heavy atom. The van der Waals surface area contributed by atoms with Gasteiger partial charge in [0, 0.05) is 77.9 Å². The highest BCUT2D eigenvalue weighted by molar-refractivity contribution is 6.20. The number of aliphatic hydroxyl groups excluding tert-OH is 1. The number of methoxy groups -OCH3 is 1. The number of imide groups is 1. The highest BCUT2D eigenvalue weighted by Crippen LogP contribution is 2.31. The molecule has 13 atom stereocenters.